The van der Waals surface area contributed by atoms with Crippen LogP contribution < -0.4 is 5.32 Å². The average molecular weight is 246 g/mol. The van der Waals surface area contributed by atoms with Crippen molar-refractivity contribution in [2.45, 2.75) is 26.4 Å². The summed E-state index contributed by atoms with van der Waals surface area (Å²) in [5.41, 5.74) is 2.89. The van der Waals surface area contributed by atoms with Gasteiger partial charge in [-0.15, -0.1) is 0 Å². The summed E-state index contributed by atoms with van der Waals surface area (Å²) in [5.74, 6) is -0.0967. The van der Waals surface area contributed by atoms with Crippen molar-refractivity contribution in [3.05, 3.63) is 47.5 Å². The van der Waals surface area contributed by atoms with Crippen molar-refractivity contribution >= 4 is 5.91 Å². The molecule has 1 aromatic carbocycles. The van der Waals surface area contributed by atoms with Crippen LogP contribution in [0.25, 0.3) is 0 Å². The zero-order valence-corrected chi connectivity index (χ0v) is 11.7. The van der Waals surface area contributed by atoms with Crippen LogP contribution in [0.15, 0.2) is 36.4 Å². The molecule has 1 rings (SSSR count). The van der Waals surface area contributed by atoms with Gasteiger partial charge < -0.3 is 10.2 Å². The van der Waals surface area contributed by atoms with Gasteiger partial charge in [-0.3, -0.25) is 4.79 Å². The number of amides is 1. The van der Waals surface area contributed by atoms with Gasteiger partial charge in [-0.1, -0.05) is 30.8 Å². The molecule has 0 aromatic heterocycles. The van der Waals surface area contributed by atoms with Crippen LogP contribution in [0.3, 0.4) is 0 Å². The van der Waals surface area contributed by atoms with Crippen LogP contribution >= 0.6 is 0 Å². The number of nitrogens with zero attached hydrogens (tertiary/aromatic N) is 1. The Hall–Kier alpha value is -1.61. The lowest BCUT2D eigenvalue weighted by atomic mass is 10.0. The van der Waals surface area contributed by atoms with Gasteiger partial charge in [0.15, 0.2) is 0 Å². The molecule has 1 atom stereocenters. The summed E-state index contributed by atoms with van der Waals surface area (Å²) in [6.07, 6.45) is 0. The van der Waals surface area contributed by atoms with E-state index in [1.807, 2.05) is 33.2 Å². The lowest BCUT2D eigenvalue weighted by Crippen LogP contribution is -2.27. The van der Waals surface area contributed by atoms with E-state index in [1.165, 1.54) is 5.56 Å². The highest BCUT2D eigenvalue weighted by atomic mass is 16.1. The van der Waals surface area contributed by atoms with Gasteiger partial charge in [-0.05, 0) is 39.1 Å². The highest BCUT2D eigenvalue weighted by Gasteiger charge is 2.10. The van der Waals surface area contributed by atoms with Crippen LogP contribution in [-0.4, -0.2) is 24.9 Å². The number of hydrogen-bond donors (Lipinski definition) is 1. The minimum absolute atomic E-state index is 0.00341. The predicted octanol–water partition coefficient (Wildman–Crippen LogP) is 2.50. The standard InChI is InChI=1S/C15H22N2O/c1-11(2)15(18)16-12(3)14-8-6-7-13(9-14)10-17(4)5/h6-9,12H,1,10H2,2-5H3,(H,16,18). The third-order valence-electron chi connectivity index (χ3n) is 2.69. The smallest absolute Gasteiger partial charge is 0.246 e. The molecule has 0 aliphatic rings. The molecule has 0 fully saturated rings. The summed E-state index contributed by atoms with van der Waals surface area (Å²) >= 11 is 0. The molecule has 18 heavy (non-hydrogen) atoms. The number of rotatable bonds is 5. The van der Waals surface area contributed by atoms with E-state index in [1.54, 1.807) is 6.92 Å². The molecular formula is C15H22N2O. The maximum absolute atomic E-state index is 11.6. The van der Waals surface area contributed by atoms with Crippen molar-refractivity contribution in [3.63, 3.8) is 0 Å². The summed E-state index contributed by atoms with van der Waals surface area (Å²) in [6, 6.07) is 8.27. The van der Waals surface area contributed by atoms with E-state index in [-0.39, 0.29) is 11.9 Å². The molecular weight excluding hydrogens is 224 g/mol. The van der Waals surface area contributed by atoms with Crippen LogP contribution in [0.2, 0.25) is 0 Å². The van der Waals surface area contributed by atoms with Crippen molar-refractivity contribution in [3.8, 4) is 0 Å². The van der Waals surface area contributed by atoms with Crippen molar-refractivity contribution < 1.29 is 4.79 Å². The monoisotopic (exact) mass is 246 g/mol. The second-order valence-corrected chi connectivity index (χ2v) is 4.96. The van der Waals surface area contributed by atoms with E-state index in [0.29, 0.717) is 5.57 Å². The molecule has 0 radical (unpaired) electrons. The Morgan fingerprint density at radius 2 is 2.11 bits per heavy atom. The van der Waals surface area contributed by atoms with Crippen molar-refractivity contribution in [2.24, 2.45) is 0 Å². The number of hydrogen-bond acceptors (Lipinski definition) is 2. The summed E-state index contributed by atoms with van der Waals surface area (Å²) < 4.78 is 0. The molecule has 0 saturated heterocycles. The zero-order chi connectivity index (χ0) is 13.7. The van der Waals surface area contributed by atoms with Crippen molar-refractivity contribution in [2.75, 3.05) is 14.1 Å². The van der Waals surface area contributed by atoms with E-state index < -0.39 is 0 Å². The fourth-order valence-electron chi connectivity index (χ4n) is 1.73. The molecule has 0 aliphatic carbocycles. The lowest BCUT2D eigenvalue weighted by Gasteiger charge is -2.16. The van der Waals surface area contributed by atoms with Crippen molar-refractivity contribution in [1.29, 1.82) is 0 Å². The Morgan fingerprint density at radius 3 is 2.67 bits per heavy atom. The quantitative estimate of drug-likeness (QED) is 0.810. The van der Waals surface area contributed by atoms with Gasteiger partial charge in [0.1, 0.15) is 0 Å². The van der Waals surface area contributed by atoms with E-state index in [2.05, 4.69) is 28.9 Å². The fraction of sp³-hybridized carbons (Fsp3) is 0.400. The summed E-state index contributed by atoms with van der Waals surface area (Å²) in [5, 5.41) is 2.92. The molecule has 1 unspecified atom stereocenters. The minimum Gasteiger partial charge on any atom is -0.346 e. The van der Waals surface area contributed by atoms with Gasteiger partial charge in [0.05, 0.1) is 6.04 Å². The molecule has 0 aliphatic heterocycles. The first-order valence-electron chi connectivity index (χ1n) is 6.10. The number of benzene rings is 1. The second kappa shape index (κ2) is 6.36. The summed E-state index contributed by atoms with van der Waals surface area (Å²) in [7, 11) is 4.08. The summed E-state index contributed by atoms with van der Waals surface area (Å²) in [6.45, 7) is 8.23. The molecule has 98 valence electrons. The average Bonchev–Trinajstić information content (AvgIpc) is 2.28. The number of nitrogens with one attached hydrogen (secondary N) is 1. The minimum atomic E-state index is -0.0967. The maximum atomic E-state index is 11.6. The maximum Gasteiger partial charge on any atom is 0.246 e. The summed E-state index contributed by atoms with van der Waals surface area (Å²) in [4.78, 5) is 13.7. The normalized spacial score (nSPS) is 12.3. The molecule has 1 N–H and O–H groups in total. The Morgan fingerprint density at radius 1 is 1.44 bits per heavy atom. The third kappa shape index (κ3) is 4.34. The van der Waals surface area contributed by atoms with Crippen LogP contribution in [0.5, 0.6) is 0 Å². The highest BCUT2D eigenvalue weighted by molar-refractivity contribution is 5.92. The lowest BCUT2D eigenvalue weighted by molar-refractivity contribution is -0.118. The van der Waals surface area contributed by atoms with Crippen molar-refractivity contribution in [1.82, 2.24) is 10.2 Å². The Kier molecular flexibility index (Phi) is 5.10. The van der Waals surface area contributed by atoms with E-state index >= 15 is 0 Å². The van der Waals surface area contributed by atoms with E-state index in [9.17, 15) is 4.79 Å². The molecule has 0 spiro atoms. The molecule has 0 saturated carbocycles. The first-order chi connectivity index (χ1) is 8.40. The van der Waals surface area contributed by atoms with Crippen LogP contribution in [-0.2, 0) is 11.3 Å². The molecule has 1 aromatic rings. The van der Waals surface area contributed by atoms with Crippen LogP contribution in [0, 0.1) is 0 Å². The highest BCUT2D eigenvalue weighted by Crippen LogP contribution is 2.15. The molecule has 3 nitrogen and oxygen atoms in total. The zero-order valence-electron chi connectivity index (χ0n) is 11.7. The van der Waals surface area contributed by atoms with Gasteiger partial charge in [0.2, 0.25) is 5.91 Å². The largest absolute Gasteiger partial charge is 0.346 e. The second-order valence-electron chi connectivity index (χ2n) is 4.96. The Balaban J connectivity index is 2.76. The topological polar surface area (TPSA) is 32.3 Å². The van der Waals surface area contributed by atoms with Gasteiger partial charge in [-0.2, -0.15) is 0 Å². The van der Waals surface area contributed by atoms with Crippen LogP contribution in [0.1, 0.15) is 31.0 Å². The molecule has 3 heteroatoms. The molecule has 0 heterocycles. The Bertz CT molecular complexity index is 438. The first-order valence-corrected chi connectivity index (χ1v) is 6.10. The number of carbonyl (C=O) groups excluding carboxylic acids is 1. The molecule has 0 bridgehead atoms. The van der Waals surface area contributed by atoms with E-state index in [4.69, 9.17) is 0 Å². The Labute approximate surface area is 109 Å². The van der Waals surface area contributed by atoms with E-state index in [0.717, 1.165) is 12.1 Å². The van der Waals surface area contributed by atoms with Gasteiger partial charge in [-0.25, -0.2) is 0 Å². The van der Waals surface area contributed by atoms with Gasteiger partial charge in [0, 0.05) is 12.1 Å². The number of carbonyl (C=O) groups is 1. The predicted molar refractivity (Wildman–Crippen MR) is 75.2 cm³/mol. The fourth-order valence-corrected chi connectivity index (χ4v) is 1.73. The van der Waals surface area contributed by atoms with Crippen LogP contribution in [0.4, 0.5) is 0 Å². The van der Waals surface area contributed by atoms with Gasteiger partial charge >= 0.3 is 0 Å². The molecule has 1 amide bonds. The first kappa shape index (κ1) is 14.5. The van der Waals surface area contributed by atoms with Gasteiger partial charge in [0.25, 0.3) is 0 Å². The SMILES string of the molecule is C=C(C)C(=O)NC(C)c1cccc(CN(C)C)c1. The third-order valence-corrected chi connectivity index (χ3v) is 2.69.